The molecule has 1 atom stereocenters. The van der Waals surface area contributed by atoms with Gasteiger partial charge in [0, 0.05) is 13.1 Å². The third-order valence-electron chi connectivity index (χ3n) is 3.46. The van der Waals surface area contributed by atoms with E-state index < -0.39 is 0 Å². The SMILES string of the molecule is CCCNC(c1cc(OC)cc(OC)c1)c1cncn1C. The molecule has 0 saturated heterocycles. The van der Waals surface area contributed by atoms with Gasteiger partial charge in [-0.05, 0) is 30.7 Å². The normalized spacial score (nSPS) is 12.2. The molecule has 0 aliphatic carbocycles. The van der Waals surface area contributed by atoms with Crippen molar-refractivity contribution < 1.29 is 9.47 Å². The van der Waals surface area contributed by atoms with Crippen LogP contribution in [0.5, 0.6) is 11.5 Å². The lowest BCUT2D eigenvalue weighted by Crippen LogP contribution is -2.25. The molecule has 0 aliphatic heterocycles. The molecule has 0 amide bonds. The fourth-order valence-electron chi connectivity index (χ4n) is 2.32. The Morgan fingerprint density at radius 2 is 1.86 bits per heavy atom. The predicted octanol–water partition coefficient (Wildman–Crippen LogP) is 2.53. The number of nitrogens with one attached hydrogen (secondary N) is 1. The van der Waals surface area contributed by atoms with E-state index in [0.29, 0.717) is 0 Å². The maximum absolute atomic E-state index is 5.37. The van der Waals surface area contributed by atoms with E-state index in [9.17, 15) is 0 Å². The van der Waals surface area contributed by atoms with E-state index in [2.05, 4.69) is 17.2 Å². The minimum absolute atomic E-state index is 0.0569. The molecule has 0 fully saturated rings. The number of nitrogens with zero attached hydrogens (tertiary/aromatic N) is 2. The van der Waals surface area contributed by atoms with Gasteiger partial charge >= 0.3 is 0 Å². The van der Waals surface area contributed by atoms with Crippen LogP contribution in [0.3, 0.4) is 0 Å². The molecule has 2 aromatic rings. The molecule has 5 heteroatoms. The largest absolute Gasteiger partial charge is 0.497 e. The third-order valence-corrected chi connectivity index (χ3v) is 3.46. The second-order valence-electron chi connectivity index (χ2n) is 4.96. The topological polar surface area (TPSA) is 48.3 Å². The number of imidazole rings is 1. The Balaban J connectivity index is 2.43. The fourth-order valence-corrected chi connectivity index (χ4v) is 2.32. The molecule has 5 nitrogen and oxygen atoms in total. The number of ether oxygens (including phenoxy) is 2. The van der Waals surface area contributed by atoms with Crippen molar-refractivity contribution in [1.29, 1.82) is 0 Å². The van der Waals surface area contributed by atoms with Gasteiger partial charge in [-0.2, -0.15) is 0 Å². The van der Waals surface area contributed by atoms with Crippen molar-refractivity contribution in [2.45, 2.75) is 19.4 Å². The highest BCUT2D eigenvalue weighted by Gasteiger charge is 2.18. The van der Waals surface area contributed by atoms with Gasteiger partial charge in [-0.1, -0.05) is 6.92 Å². The summed E-state index contributed by atoms with van der Waals surface area (Å²) in [4.78, 5) is 4.22. The summed E-state index contributed by atoms with van der Waals surface area (Å²) in [7, 11) is 5.33. The summed E-state index contributed by atoms with van der Waals surface area (Å²) in [5, 5.41) is 3.56. The Morgan fingerprint density at radius 3 is 2.33 bits per heavy atom. The quantitative estimate of drug-likeness (QED) is 0.851. The average Bonchev–Trinajstić information content (AvgIpc) is 2.93. The van der Waals surface area contributed by atoms with Crippen molar-refractivity contribution in [2.24, 2.45) is 7.05 Å². The van der Waals surface area contributed by atoms with Gasteiger partial charge in [-0.25, -0.2) is 4.98 Å². The van der Waals surface area contributed by atoms with Crippen molar-refractivity contribution in [3.05, 3.63) is 42.0 Å². The van der Waals surface area contributed by atoms with Crippen LogP contribution < -0.4 is 14.8 Å². The molecule has 1 aromatic heterocycles. The molecular weight excluding hydrogens is 266 g/mol. The third kappa shape index (κ3) is 3.55. The zero-order chi connectivity index (χ0) is 15.2. The number of aromatic nitrogens is 2. The van der Waals surface area contributed by atoms with Gasteiger partial charge in [0.2, 0.25) is 0 Å². The predicted molar refractivity (Wildman–Crippen MR) is 82.9 cm³/mol. The van der Waals surface area contributed by atoms with Gasteiger partial charge in [0.25, 0.3) is 0 Å². The standard InChI is InChI=1S/C16H23N3O2/c1-5-6-18-16(15-10-17-11-19(15)2)12-7-13(20-3)9-14(8-12)21-4/h7-11,16,18H,5-6H2,1-4H3. The van der Waals surface area contributed by atoms with Crippen LogP contribution in [0, 0.1) is 0 Å². The summed E-state index contributed by atoms with van der Waals surface area (Å²) in [6.07, 6.45) is 4.77. The lowest BCUT2D eigenvalue weighted by atomic mass is 10.0. The lowest BCUT2D eigenvalue weighted by molar-refractivity contribution is 0.392. The van der Waals surface area contributed by atoms with E-state index in [4.69, 9.17) is 9.47 Å². The number of methoxy groups -OCH3 is 2. The summed E-state index contributed by atoms with van der Waals surface area (Å²) < 4.78 is 12.8. The van der Waals surface area contributed by atoms with Crippen molar-refractivity contribution >= 4 is 0 Å². The van der Waals surface area contributed by atoms with Crippen molar-refractivity contribution in [2.75, 3.05) is 20.8 Å². The molecule has 1 heterocycles. The van der Waals surface area contributed by atoms with Crippen LogP contribution >= 0.6 is 0 Å². The molecule has 21 heavy (non-hydrogen) atoms. The van der Waals surface area contributed by atoms with Crippen LogP contribution in [-0.2, 0) is 7.05 Å². The maximum Gasteiger partial charge on any atom is 0.122 e. The van der Waals surface area contributed by atoms with Gasteiger partial charge < -0.3 is 19.4 Å². The van der Waals surface area contributed by atoms with E-state index in [1.807, 2.05) is 42.3 Å². The highest BCUT2D eigenvalue weighted by molar-refractivity contribution is 5.42. The first kappa shape index (κ1) is 15.4. The molecule has 114 valence electrons. The smallest absolute Gasteiger partial charge is 0.122 e. The number of hydrogen-bond donors (Lipinski definition) is 1. The summed E-state index contributed by atoms with van der Waals surface area (Å²) in [5.41, 5.74) is 2.21. The van der Waals surface area contributed by atoms with Gasteiger partial charge in [0.1, 0.15) is 11.5 Å². The monoisotopic (exact) mass is 289 g/mol. The zero-order valence-electron chi connectivity index (χ0n) is 13.1. The minimum Gasteiger partial charge on any atom is -0.497 e. The van der Waals surface area contributed by atoms with E-state index in [0.717, 1.165) is 35.7 Å². The second-order valence-corrected chi connectivity index (χ2v) is 4.96. The molecular formula is C16H23N3O2. The van der Waals surface area contributed by atoms with Crippen molar-refractivity contribution in [3.8, 4) is 11.5 Å². The van der Waals surface area contributed by atoms with Crippen LogP contribution in [0.25, 0.3) is 0 Å². The van der Waals surface area contributed by atoms with Crippen LogP contribution in [0.1, 0.15) is 30.6 Å². The molecule has 1 aromatic carbocycles. The Bertz CT molecular complexity index is 558. The molecule has 0 spiro atoms. The van der Waals surface area contributed by atoms with Gasteiger partial charge in [-0.3, -0.25) is 0 Å². The summed E-state index contributed by atoms with van der Waals surface area (Å²) in [6.45, 7) is 3.08. The van der Waals surface area contributed by atoms with Gasteiger partial charge in [-0.15, -0.1) is 0 Å². The molecule has 0 radical (unpaired) electrons. The lowest BCUT2D eigenvalue weighted by Gasteiger charge is -2.21. The number of hydrogen-bond acceptors (Lipinski definition) is 4. The van der Waals surface area contributed by atoms with Crippen molar-refractivity contribution in [1.82, 2.24) is 14.9 Å². The van der Waals surface area contributed by atoms with Gasteiger partial charge in [0.05, 0.1) is 38.5 Å². The highest BCUT2D eigenvalue weighted by atomic mass is 16.5. The van der Waals surface area contributed by atoms with E-state index >= 15 is 0 Å². The molecule has 1 unspecified atom stereocenters. The van der Waals surface area contributed by atoms with E-state index in [-0.39, 0.29) is 6.04 Å². The first-order valence-corrected chi connectivity index (χ1v) is 7.12. The summed E-state index contributed by atoms with van der Waals surface area (Å²) in [5.74, 6) is 1.57. The summed E-state index contributed by atoms with van der Waals surface area (Å²) in [6, 6.07) is 6.00. The van der Waals surface area contributed by atoms with E-state index in [1.54, 1.807) is 14.2 Å². The highest BCUT2D eigenvalue weighted by Crippen LogP contribution is 2.29. The Morgan fingerprint density at radius 1 is 1.19 bits per heavy atom. The first-order valence-electron chi connectivity index (χ1n) is 7.12. The number of benzene rings is 1. The molecule has 0 saturated carbocycles. The van der Waals surface area contributed by atoms with Crippen LogP contribution in [0.15, 0.2) is 30.7 Å². The number of rotatable bonds is 7. The van der Waals surface area contributed by atoms with E-state index in [1.165, 1.54) is 0 Å². The average molecular weight is 289 g/mol. The minimum atomic E-state index is 0.0569. The second kappa shape index (κ2) is 7.13. The van der Waals surface area contributed by atoms with Crippen LogP contribution in [0.4, 0.5) is 0 Å². The molecule has 1 N–H and O–H groups in total. The van der Waals surface area contributed by atoms with Crippen LogP contribution in [-0.4, -0.2) is 30.3 Å². The Kier molecular flexibility index (Phi) is 5.22. The summed E-state index contributed by atoms with van der Waals surface area (Å²) >= 11 is 0. The van der Waals surface area contributed by atoms with Crippen molar-refractivity contribution in [3.63, 3.8) is 0 Å². The maximum atomic E-state index is 5.37. The van der Waals surface area contributed by atoms with Gasteiger partial charge in [0.15, 0.2) is 0 Å². The fraction of sp³-hybridized carbons (Fsp3) is 0.438. The Labute approximate surface area is 125 Å². The van der Waals surface area contributed by atoms with Crippen LogP contribution in [0.2, 0.25) is 0 Å². The molecule has 0 aliphatic rings. The first-order chi connectivity index (χ1) is 10.2. The zero-order valence-corrected chi connectivity index (χ0v) is 13.1. The number of aryl methyl sites for hydroxylation is 1. The Hall–Kier alpha value is -2.01. The molecule has 0 bridgehead atoms. The molecule has 2 rings (SSSR count).